The number of carbonyl (C=O) groups is 1. The lowest BCUT2D eigenvalue weighted by Crippen LogP contribution is -2.27. The molecule has 4 atom stereocenters. The van der Waals surface area contributed by atoms with Gasteiger partial charge in [-0.3, -0.25) is 4.79 Å². The zero-order chi connectivity index (χ0) is 17.1. The lowest BCUT2D eigenvalue weighted by molar-refractivity contribution is -0.158. The Morgan fingerprint density at radius 1 is 1.38 bits per heavy atom. The molecule has 24 heavy (non-hydrogen) atoms. The summed E-state index contributed by atoms with van der Waals surface area (Å²) in [5, 5.41) is 0.852. The quantitative estimate of drug-likeness (QED) is 0.484. The Bertz CT molecular complexity index is 832. The molecule has 1 aliphatic carbocycles. The number of fused-ring (bicyclic) bond motifs is 2. The van der Waals surface area contributed by atoms with Gasteiger partial charge >= 0.3 is 0 Å². The number of nitrogens with zero attached hydrogens (tertiary/aromatic N) is 3. The van der Waals surface area contributed by atoms with Gasteiger partial charge in [-0.1, -0.05) is 17.7 Å². The van der Waals surface area contributed by atoms with E-state index in [1.54, 1.807) is 6.20 Å². The Kier molecular flexibility index (Phi) is 3.53. The minimum atomic E-state index is -0.641. The SMILES string of the molecule is C=C[C@H]1C[C@H](n2cc(C=O)c3c(Cl)ncnc32)[C@@H]2OC(C)(C)O[C@@H]21. The molecule has 2 aliphatic rings. The normalized spacial score (nSPS) is 31.3. The van der Waals surface area contributed by atoms with E-state index in [0.29, 0.717) is 16.6 Å². The number of hydrogen-bond donors (Lipinski definition) is 0. The van der Waals surface area contributed by atoms with Crippen LogP contribution in [-0.4, -0.2) is 38.8 Å². The van der Waals surface area contributed by atoms with Crippen molar-refractivity contribution in [2.24, 2.45) is 5.92 Å². The van der Waals surface area contributed by atoms with Crippen LogP contribution in [0.5, 0.6) is 0 Å². The lowest BCUT2D eigenvalue weighted by atomic mass is 10.1. The number of hydrogen-bond acceptors (Lipinski definition) is 5. The molecule has 6 nitrogen and oxygen atoms in total. The number of rotatable bonds is 3. The van der Waals surface area contributed by atoms with Crippen molar-refractivity contribution in [2.75, 3.05) is 0 Å². The third-order valence-electron chi connectivity index (χ3n) is 4.86. The smallest absolute Gasteiger partial charge is 0.163 e. The molecule has 0 N–H and O–H groups in total. The summed E-state index contributed by atoms with van der Waals surface area (Å²) in [6.45, 7) is 7.75. The fraction of sp³-hybridized carbons (Fsp3) is 0.471. The minimum absolute atomic E-state index is 0.0121. The van der Waals surface area contributed by atoms with Crippen LogP contribution in [0.1, 0.15) is 36.7 Å². The predicted molar refractivity (Wildman–Crippen MR) is 89.1 cm³/mol. The highest BCUT2D eigenvalue weighted by Crippen LogP contribution is 2.48. The van der Waals surface area contributed by atoms with Gasteiger partial charge in [0.05, 0.1) is 17.5 Å². The topological polar surface area (TPSA) is 66.2 Å². The van der Waals surface area contributed by atoms with E-state index in [9.17, 15) is 4.79 Å². The first-order chi connectivity index (χ1) is 11.4. The van der Waals surface area contributed by atoms with Crippen LogP contribution in [-0.2, 0) is 9.47 Å². The Balaban J connectivity index is 1.84. The molecule has 2 fully saturated rings. The first-order valence-electron chi connectivity index (χ1n) is 7.89. The monoisotopic (exact) mass is 347 g/mol. The summed E-state index contributed by atoms with van der Waals surface area (Å²) < 4.78 is 14.2. The second kappa shape index (κ2) is 5.37. The zero-order valence-corrected chi connectivity index (χ0v) is 14.2. The molecule has 126 valence electrons. The van der Waals surface area contributed by atoms with E-state index in [0.717, 1.165) is 12.7 Å². The second-order valence-electron chi connectivity index (χ2n) is 6.74. The molecule has 0 amide bonds. The highest BCUT2D eigenvalue weighted by atomic mass is 35.5. The van der Waals surface area contributed by atoms with Gasteiger partial charge in [0.2, 0.25) is 0 Å². The molecular weight excluding hydrogens is 330 g/mol. The summed E-state index contributed by atoms with van der Waals surface area (Å²) in [5.74, 6) is -0.463. The van der Waals surface area contributed by atoms with Crippen LogP contribution >= 0.6 is 11.6 Å². The standard InChI is InChI=1S/C17H18ClN3O3/c1-4-9-5-11(14-13(9)23-17(2,3)24-14)21-6-10(7-22)12-15(18)19-8-20-16(12)21/h4,6-9,11,13-14H,1,5H2,2-3H3/t9-,11-,13+,14-/m0/s1. The van der Waals surface area contributed by atoms with Gasteiger partial charge in [0.15, 0.2) is 12.1 Å². The van der Waals surface area contributed by atoms with Crippen molar-refractivity contribution in [3.63, 3.8) is 0 Å². The first kappa shape index (κ1) is 15.7. The molecule has 7 heteroatoms. The minimum Gasteiger partial charge on any atom is -0.344 e. The Morgan fingerprint density at radius 3 is 2.83 bits per heavy atom. The average Bonchev–Trinajstić information content (AvgIpc) is 3.16. The van der Waals surface area contributed by atoms with Gasteiger partial charge in [-0.15, -0.1) is 6.58 Å². The predicted octanol–water partition coefficient (Wildman–Crippen LogP) is 3.16. The van der Waals surface area contributed by atoms with Crippen molar-refractivity contribution in [3.8, 4) is 0 Å². The fourth-order valence-corrected chi connectivity index (χ4v) is 4.15. The van der Waals surface area contributed by atoms with Crippen molar-refractivity contribution < 1.29 is 14.3 Å². The van der Waals surface area contributed by atoms with Crippen molar-refractivity contribution >= 4 is 28.9 Å². The first-order valence-corrected chi connectivity index (χ1v) is 8.27. The summed E-state index contributed by atoms with van der Waals surface area (Å²) in [5.41, 5.74) is 1.12. The molecule has 1 saturated heterocycles. The molecule has 2 aromatic rings. The maximum absolute atomic E-state index is 11.5. The van der Waals surface area contributed by atoms with Crippen LogP contribution in [0.3, 0.4) is 0 Å². The highest BCUT2D eigenvalue weighted by Gasteiger charge is 2.54. The molecule has 1 aliphatic heterocycles. The largest absolute Gasteiger partial charge is 0.344 e. The second-order valence-corrected chi connectivity index (χ2v) is 7.10. The zero-order valence-electron chi connectivity index (χ0n) is 13.5. The van der Waals surface area contributed by atoms with E-state index in [-0.39, 0.29) is 29.3 Å². The number of carbonyl (C=O) groups excluding carboxylic acids is 1. The van der Waals surface area contributed by atoms with E-state index in [4.69, 9.17) is 21.1 Å². The summed E-state index contributed by atoms with van der Waals surface area (Å²) >= 11 is 6.18. The molecular formula is C17H18ClN3O3. The third kappa shape index (κ3) is 2.21. The average molecular weight is 348 g/mol. The molecule has 3 heterocycles. The molecule has 1 saturated carbocycles. The number of ether oxygens (including phenoxy) is 2. The van der Waals surface area contributed by atoms with Crippen LogP contribution in [0, 0.1) is 5.92 Å². The van der Waals surface area contributed by atoms with Gasteiger partial charge in [0.25, 0.3) is 0 Å². The maximum Gasteiger partial charge on any atom is 0.163 e. The van der Waals surface area contributed by atoms with Gasteiger partial charge in [-0.2, -0.15) is 0 Å². The van der Waals surface area contributed by atoms with Crippen LogP contribution < -0.4 is 0 Å². The van der Waals surface area contributed by atoms with Crippen molar-refractivity contribution in [3.05, 3.63) is 35.9 Å². The van der Waals surface area contributed by atoms with Gasteiger partial charge in [-0.25, -0.2) is 9.97 Å². The number of halogens is 1. The number of aldehydes is 1. The van der Waals surface area contributed by atoms with Crippen molar-refractivity contribution in [1.82, 2.24) is 14.5 Å². The summed E-state index contributed by atoms with van der Waals surface area (Å²) in [6, 6.07) is -0.0121. The van der Waals surface area contributed by atoms with Gasteiger partial charge in [0.1, 0.15) is 23.2 Å². The van der Waals surface area contributed by atoms with Gasteiger partial charge in [0, 0.05) is 17.7 Å². The van der Waals surface area contributed by atoms with E-state index >= 15 is 0 Å². The fourth-order valence-electron chi connectivity index (χ4n) is 3.91. The van der Waals surface area contributed by atoms with E-state index in [1.165, 1.54) is 6.33 Å². The van der Waals surface area contributed by atoms with Crippen molar-refractivity contribution in [2.45, 2.75) is 44.3 Å². The van der Waals surface area contributed by atoms with Crippen LogP contribution in [0.2, 0.25) is 5.15 Å². The molecule has 0 radical (unpaired) electrons. The summed E-state index contributed by atoms with van der Waals surface area (Å²) in [6.07, 6.45) is 6.49. The molecule has 2 aromatic heterocycles. The molecule has 0 aromatic carbocycles. The maximum atomic E-state index is 11.5. The Hall–Kier alpha value is -1.76. The lowest BCUT2D eigenvalue weighted by Gasteiger charge is -2.24. The van der Waals surface area contributed by atoms with Crippen LogP contribution in [0.4, 0.5) is 0 Å². The summed E-state index contributed by atoms with van der Waals surface area (Å²) in [7, 11) is 0. The van der Waals surface area contributed by atoms with E-state index in [1.807, 2.05) is 24.5 Å². The molecule has 0 unspecified atom stereocenters. The molecule has 4 rings (SSSR count). The van der Waals surface area contributed by atoms with Gasteiger partial charge < -0.3 is 14.0 Å². The van der Waals surface area contributed by atoms with Crippen LogP contribution in [0.15, 0.2) is 25.2 Å². The Morgan fingerprint density at radius 2 is 2.12 bits per heavy atom. The highest BCUT2D eigenvalue weighted by molar-refractivity contribution is 6.35. The molecule has 0 spiro atoms. The Labute approximate surface area is 144 Å². The van der Waals surface area contributed by atoms with Gasteiger partial charge in [-0.05, 0) is 20.3 Å². The van der Waals surface area contributed by atoms with E-state index < -0.39 is 5.79 Å². The van der Waals surface area contributed by atoms with Crippen molar-refractivity contribution in [1.29, 1.82) is 0 Å². The molecule has 0 bridgehead atoms. The summed E-state index contributed by atoms with van der Waals surface area (Å²) in [4.78, 5) is 19.8. The third-order valence-corrected chi connectivity index (χ3v) is 5.14. The number of aromatic nitrogens is 3. The van der Waals surface area contributed by atoms with E-state index in [2.05, 4.69) is 16.5 Å². The van der Waals surface area contributed by atoms with Crippen LogP contribution in [0.25, 0.3) is 11.0 Å².